The molecular formula is C12H20N6O. The zero-order valence-electron chi connectivity index (χ0n) is 11.2. The highest BCUT2D eigenvalue weighted by molar-refractivity contribution is 5.44. The molecule has 19 heavy (non-hydrogen) atoms. The third kappa shape index (κ3) is 2.70. The highest BCUT2D eigenvalue weighted by atomic mass is 16.5. The van der Waals surface area contributed by atoms with Crippen LogP contribution in [0.1, 0.15) is 19.8 Å². The van der Waals surface area contributed by atoms with E-state index in [1.807, 2.05) is 0 Å². The molecule has 1 atom stereocenters. The van der Waals surface area contributed by atoms with Gasteiger partial charge in [-0.25, -0.2) is 0 Å². The number of hydrogen-bond acceptors (Lipinski definition) is 7. The van der Waals surface area contributed by atoms with Crippen LogP contribution in [-0.2, 0) is 4.74 Å². The minimum Gasteiger partial charge on any atom is -0.375 e. The Bertz CT molecular complexity index is 448. The molecule has 0 aromatic carbocycles. The van der Waals surface area contributed by atoms with Crippen molar-refractivity contribution in [3.63, 3.8) is 0 Å². The number of aromatic nitrogens is 3. The van der Waals surface area contributed by atoms with Crippen LogP contribution in [0.2, 0.25) is 0 Å². The second-order valence-electron chi connectivity index (χ2n) is 5.12. The maximum atomic E-state index is 5.82. The first kappa shape index (κ1) is 12.4. The fourth-order valence-corrected chi connectivity index (χ4v) is 2.57. The highest BCUT2D eigenvalue weighted by Gasteiger charge is 2.22. The van der Waals surface area contributed by atoms with Crippen molar-refractivity contribution in [1.82, 2.24) is 15.0 Å². The summed E-state index contributed by atoms with van der Waals surface area (Å²) in [4.78, 5) is 17.4. The Balaban J connectivity index is 1.84. The van der Waals surface area contributed by atoms with E-state index in [-0.39, 0.29) is 6.10 Å². The molecule has 3 heterocycles. The number of nitrogen functional groups attached to an aromatic ring is 1. The van der Waals surface area contributed by atoms with Crippen LogP contribution in [0.15, 0.2) is 0 Å². The molecule has 3 rings (SSSR count). The fraction of sp³-hybridized carbons (Fsp3) is 0.750. The standard InChI is InChI=1S/C12H20N6O/c1-9-8-18(6-7-19-9)12-15-10(13)14-11(16-12)17-4-2-3-5-17/h9H,2-8H2,1H3,(H2,13,14,15,16). The summed E-state index contributed by atoms with van der Waals surface area (Å²) in [7, 11) is 0. The first-order valence-corrected chi connectivity index (χ1v) is 6.85. The largest absolute Gasteiger partial charge is 0.375 e. The van der Waals surface area contributed by atoms with Gasteiger partial charge in [0.1, 0.15) is 0 Å². The number of nitrogens with two attached hydrogens (primary N) is 1. The van der Waals surface area contributed by atoms with Crippen molar-refractivity contribution in [2.24, 2.45) is 0 Å². The van der Waals surface area contributed by atoms with Gasteiger partial charge < -0.3 is 20.3 Å². The number of rotatable bonds is 2. The lowest BCUT2D eigenvalue weighted by Crippen LogP contribution is -2.42. The number of nitrogens with zero attached hydrogens (tertiary/aromatic N) is 5. The van der Waals surface area contributed by atoms with E-state index in [0.29, 0.717) is 24.5 Å². The van der Waals surface area contributed by atoms with Crippen molar-refractivity contribution in [1.29, 1.82) is 0 Å². The summed E-state index contributed by atoms with van der Waals surface area (Å²) in [6.07, 6.45) is 2.58. The Kier molecular flexibility index (Phi) is 3.37. The topological polar surface area (TPSA) is 80.4 Å². The molecule has 2 fully saturated rings. The number of anilines is 3. The predicted octanol–water partition coefficient (Wildman–Crippen LogP) is 0.279. The Morgan fingerprint density at radius 3 is 2.42 bits per heavy atom. The smallest absolute Gasteiger partial charge is 0.232 e. The zero-order chi connectivity index (χ0) is 13.2. The summed E-state index contributed by atoms with van der Waals surface area (Å²) in [5.41, 5.74) is 5.82. The van der Waals surface area contributed by atoms with E-state index in [4.69, 9.17) is 10.5 Å². The molecule has 7 heteroatoms. The Morgan fingerprint density at radius 2 is 1.74 bits per heavy atom. The Morgan fingerprint density at radius 1 is 1.05 bits per heavy atom. The first-order chi connectivity index (χ1) is 9.22. The van der Waals surface area contributed by atoms with Crippen LogP contribution >= 0.6 is 0 Å². The molecule has 1 aromatic heterocycles. The van der Waals surface area contributed by atoms with Gasteiger partial charge in [0.25, 0.3) is 0 Å². The van der Waals surface area contributed by atoms with Gasteiger partial charge in [0.2, 0.25) is 17.8 Å². The molecule has 7 nitrogen and oxygen atoms in total. The van der Waals surface area contributed by atoms with E-state index in [0.717, 1.165) is 26.2 Å². The Hall–Kier alpha value is -1.63. The van der Waals surface area contributed by atoms with Gasteiger partial charge in [0, 0.05) is 26.2 Å². The first-order valence-electron chi connectivity index (χ1n) is 6.85. The highest BCUT2D eigenvalue weighted by Crippen LogP contribution is 2.20. The Labute approximate surface area is 112 Å². The molecule has 0 aliphatic carbocycles. The number of ether oxygens (including phenoxy) is 1. The lowest BCUT2D eigenvalue weighted by Gasteiger charge is -2.31. The lowest BCUT2D eigenvalue weighted by molar-refractivity contribution is 0.0526. The quantitative estimate of drug-likeness (QED) is 0.821. The van der Waals surface area contributed by atoms with E-state index in [1.165, 1.54) is 12.8 Å². The van der Waals surface area contributed by atoms with E-state index >= 15 is 0 Å². The molecule has 0 bridgehead atoms. The van der Waals surface area contributed by atoms with Crippen LogP contribution in [-0.4, -0.2) is 53.8 Å². The van der Waals surface area contributed by atoms with E-state index in [9.17, 15) is 0 Å². The van der Waals surface area contributed by atoms with Crippen molar-refractivity contribution >= 4 is 17.8 Å². The van der Waals surface area contributed by atoms with E-state index in [2.05, 4.69) is 31.7 Å². The SMILES string of the molecule is CC1CN(c2nc(N)nc(N3CCCC3)n2)CCO1. The summed E-state index contributed by atoms with van der Waals surface area (Å²) in [5, 5.41) is 0. The van der Waals surface area contributed by atoms with Crippen LogP contribution < -0.4 is 15.5 Å². The lowest BCUT2D eigenvalue weighted by atomic mass is 10.3. The van der Waals surface area contributed by atoms with Gasteiger partial charge in [-0.2, -0.15) is 15.0 Å². The molecule has 0 saturated carbocycles. The third-order valence-corrected chi connectivity index (χ3v) is 3.54. The van der Waals surface area contributed by atoms with Gasteiger partial charge >= 0.3 is 0 Å². The molecule has 2 N–H and O–H groups in total. The maximum absolute atomic E-state index is 5.82. The molecule has 2 aliphatic heterocycles. The molecule has 1 unspecified atom stereocenters. The normalized spacial score (nSPS) is 23.9. The summed E-state index contributed by atoms with van der Waals surface area (Å²) >= 11 is 0. The van der Waals surface area contributed by atoms with Gasteiger partial charge in [0.15, 0.2) is 0 Å². The summed E-state index contributed by atoms with van der Waals surface area (Å²) in [6.45, 7) is 6.35. The van der Waals surface area contributed by atoms with Gasteiger partial charge in [-0.3, -0.25) is 0 Å². The van der Waals surface area contributed by atoms with Gasteiger partial charge in [-0.1, -0.05) is 0 Å². The zero-order valence-corrected chi connectivity index (χ0v) is 11.2. The maximum Gasteiger partial charge on any atom is 0.232 e. The minimum absolute atomic E-state index is 0.196. The van der Waals surface area contributed by atoms with Crippen LogP contribution in [0.5, 0.6) is 0 Å². The second-order valence-corrected chi connectivity index (χ2v) is 5.12. The number of hydrogen-bond donors (Lipinski definition) is 1. The molecular weight excluding hydrogens is 244 g/mol. The average Bonchev–Trinajstić information content (AvgIpc) is 2.92. The van der Waals surface area contributed by atoms with Gasteiger partial charge in [-0.15, -0.1) is 0 Å². The van der Waals surface area contributed by atoms with Crippen LogP contribution in [0.4, 0.5) is 17.8 Å². The van der Waals surface area contributed by atoms with Gasteiger partial charge in [0.05, 0.1) is 12.7 Å². The monoisotopic (exact) mass is 264 g/mol. The summed E-state index contributed by atoms with van der Waals surface area (Å²) in [6, 6.07) is 0. The third-order valence-electron chi connectivity index (χ3n) is 3.54. The predicted molar refractivity (Wildman–Crippen MR) is 73.3 cm³/mol. The molecule has 1 aromatic rings. The van der Waals surface area contributed by atoms with Crippen LogP contribution in [0, 0.1) is 0 Å². The molecule has 104 valence electrons. The van der Waals surface area contributed by atoms with Crippen molar-refractivity contribution in [2.75, 3.05) is 48.3 Å². The molecule has 2 aliphatic rings. The molecule has 0 spiro atoms. The average molecular weight is 264 g/mol. The van der Waals surface area contributed by atoms with Crippen molar-refractivity contribution in [2.45, 2.75) is 25.9 Å². The van der Waals surface area contributed by atoms with Crippen LogP contribution in [0.25, 0.3) is 0 Å². The fourth-order valence-electron chi connectivity index (χ4n) is 2.57. The molecule has 2 saturated heterocycles. The van der Waals surface area contributed by atoms with E-state index < -0.39 is 0 Å². The summed E-state index contributed by atoms with van der Waals surface area (Å²) in [5.74, 6) is 1.68. The van der Waals surface area contributed by atoms with E-state index in [1.54, 1.807) is 0 Å². The van der Waals surface area contributed by atoms with Gasteiger partial charge in [-0.05, 0) is 19.8 Å². The van der Waals surface area contributed by atoms with Crippen molar-refractivity contribution in [3.8, 4) is 0 Å². The van der Waals surface area contributed by atoms with Crippen molar-refractivity contribution in [3.05, 3.63) is 0 Å². The molecule has 0 amide bonds. The second kappa shape index (κ2) is 5.16. The minimum atomic E-state index is 0.196. The van der Waals surface area contributed by atoms with Crippen molar-refractivity contribution < 1.29 is 4.74 Å². The number of morpholine rings is 1. The summed E-state index contributed by atoms with van der Waals surface area (Å²) < 4.78 is 5.54. The molecule has 0 radical (unpaired) electrons. The van der Waals surface area contributed by atoms with Crippen LogP contribution in [0.3, 0.4) is 0 Å².